The van der Waals surface area contributed by atoms with E-state index < -0.39 is 6.04 Å². The second-order valence-electron chi connectivity index (χ2n) is 7.39. The number of hydrogen-bond acceptors (Lipinski definition) is 3. The SMILES string of the molecule is CCC(C)C(NC(=O)c1cccc(OC)c1)C(=O)Nc1ccc2c(c1)CCC2. The summed E-state index contributed by atoms with van der Waals surface area (Å²) >= 11 is 0. The predicted octanol–water partition coefficient (Wildman–Crippen LogP) is 3.97. The van der Waals surface area contributed by atoms with Crippen molar-refractivity contribution in [2.75, 3.05) is 12.4 Å². The molecule has 0 radical (unpaired) electrons. The van der Waals surface area contributed by atoms with Gasteiger partial charge in [-0.2, -0.15) is 0 Å². The Morgan fingerprint density at radius 2 is 1.89 bits per heavy atom. The minimum atomic E-state index is -0.614. The molecule has 0 saturated carbocycles. The molecule has 5 heteroatoms. The molecular weight excluding hydrogens is 352 g/mol. The number of carbonyl (C=O) groups is 2. The first-order valence-electron chi connectivity index (χ1n) is 9.89. The van der Waals surface area contributed by atoms with E-state index in [0.717, 1.165) is 24.9 Å². The number of hydrogen-bond donors (Lipinski definition) is 2. The van der Waals surface area contributed by atoms with Gasteiger partial charge in [0.15, 0.2) is 0 Å². The van der Waals surface area contributed by atoms with Crippen LogP contribution in [0, 0.1) is 5.92 Å². The molecule has 0 heterocycles. The molecule has 2 unspecified atom stereocenters. The van der Waals surface area contributed by atoms with Crippen LogP contribution in [-0.2, 0) is 17.6 Å². The number of benzene rings is 2. The maximum atomic E-state index is 13.0. The van der Waals surface area contributed by atoms with Gasteiger partial charge in [0.05, 0.1) is 7.11 Å². The van der Waals surface area contributed by atoms with Crippen LogP contribution in [0.2, 0.25) is 0 Å². The van der Waals surface area contributed by atoms with Gasteiger partial charge in [-0.25, -0.2) is 0 Å². The van der Waals surface area contributed by atoms with Crippen LogP contribution in [0.15, 0.2) is 42.5 Å². The number of anilines is 1. The van der Waals surface area contributed by atoms with Crippen molar-refractivity contribution in [3.63, 3.8) is 0 Å². The molecule has 1 aliphatic rings. The maximum absolute atomic E-state index is 13.0. The normalized spacial score (nSPS) is 14.7. The van der Waals surface area contributed by atoms with Crippen LogP contribution in [0.4, 0.5) is 5.69 Å². The quantitative estimate of drug-likeness (QED) is 0.764. The van der Waals surface area contributed by atoms with Crippen molar-refractivity contribution in [3.05, 3.63) is 59.2 Å². The molecule has 2 amide bonds. The summed E-state index contributed by atoms with van der Waals surface area (Å²) in [6.45, 7) is 3.98. The van der Waals surface area contributed by atoms with Gasteiger partial charge in [-0.1, -0.05) is 32.4 Å². The van der Waals surface area contributed by atoms with E-state index in [2.05, 4.69) is 22.8 Å². The smallest absolute Gasteiger partial charge is 0.252 e. The van der Waals surface area contributed by atoms with Crippen LogP contribution in [-0.4, -0.2) is 25.0 Å². The fraction of sp³-hybridized carbons (Fsp3) is 0.391. The summed E-state index contributed by atoms with van der Waals surface area (Å²) in [6, 6.07) is 12.4. The van der Waals surface area contributed by atoms with Gasteiger partial charge >= 0.3 is 0 Å². The summed E-state index contributed by atoms with van der Waals surface area (Å²) in [5.41, 5.74) is 3.92. The van der Waals surface area contributed by atoms with Crippen LogP contribution < -0.4 is 15.4 Å². The van der Waals surface area contributed by atoms with Gasteiger partial charge in [-0.15, -0.1) is 0 Å². The highest BCUT2D eigenvalue weighted by Crippen LogP contribution is 2.25. The van der Waals surface area contributed by atoms with Crippen molar-refractivity contribution in [3.8, 4) is 5.75 Å². The Morgan fingerprint density at radius 3 is 2.64 bits per heavy atom. The Labute approximate surface area is 166 Å². The van der Waals surface area contributed by atoms with E-state index in [1.165, 1.54) is 17.5 Å². The summed E-state index contributed by atoms with van der Waals surface area (Å²) < 4.78 is 5.18. The lowest BCUT2D eigenvalue weighted by Gasteiger charge is -2.24. The zero-order chi connectivity index (χ0) is 20.1. The predicted molar refractivity (Wildman–Crippen MR) is 111 cm³/mol. The van der Waals surface area contributed by atoms with E-state index in [0.29, 0.717) is 11.3 Å². The molecule has 0 aromatic heterocycles. The van der Waals surface area contributed by atoms with Gasteiger partial charge in [-0.3, -0.25) is 9.59 Å². The second kappa shape index (κ2) is 8.91. The van der Waals surface area contributed by atoms with Crippen molar-refractivity contribution in [2.45, 2.75) is 45.6 Å². The number of fused-ring (bicyclic) bond motifs is 1. The number of amides is 2. The molecule has 0 aliphatic heterocycles. The molecule has 148 valence electrons. The van der Waals surface area contributed by atoms with E-state index >= 15 is 0 Å². The van der Waals surface area contributed by atoms with Crippen LogP contribution >= 0.6 is 0 Å². The molecule has 0 saturated heterocycles. The largest absolute Gasteiger partial charge is 0.497 e. The van der Waals surface area contributed by atoms with Crippen molar-refractivity contribution in [2.24, 2.45) is 5.92 Å². The summed E-state index contributed by atoms with van der Waals surface area (Å²) in [5, 5.41) is 5.89. The summed E-state index contributed by atoms with van der Waals surface area (Å²) in [6.07, 6.45) is 4.11. The first-order chi connectivity index (χ1) is 13.5. The minimum Gasteiger partial charge on any atom is -0.497 e. The van der Waals surface area contributed by atoms with Crippen molar-refractivity contribution in [1.29, 1.82) is 0 Å². The standard InChI is InChI=1S/C23H28N2O3/c1-4-15(2)21(25-22(26)18-9-6-10-20(14-18)28-3)23(27)24-19-12-11-16-7-5-8-17(16)13-19/h6,9-15,21H,4-5,7-8H2,1-3H3,(H,24,27)(H,25,26). The lowest BCUT2D eigenvalue weighted by Crippen LogP contribution is -2.47. The first kappa shape index (κ1) is 19.9. The Hall–Kier alpha value is -2.82. The van der Waals surface area contributed by atoms with Gasteiger partial charge in [0.1, 0.15) is 11.8 Å². The second-order valence-corrected chi connectivity index (χ2v) is 7.39. The minimum absolute atomic E-state index is 0.00369. The Kier molecular flexibility index (Phi) is 6.34. The average Bonchev–Trinajstić information content (AvgIpc) is 3.19. The fourth-order valence-corrected chi connectivity index (χ4v) is 3.56. The Balaban J connectivity index is 1.73. The third-order valence-electron chi connectivity index (χ3n) is 5.48. The summed E-state index contributed by atoms with van der Waals surface area (Å²) in [4.78, 5) is 25.7. The van der Waals surface area contributed by atoms with Gasteiger partial charge in [0, 0.05) is 11.3 Å². The summed E-state index contributed by atoms with van der Waals surface area (Å²) in [5.74, 6) is 0.135. The van der Waals surface area contributed by atoms with E-state index in [1.807, 2.05) is 19.9 Å². The van der Waals surface area contributed by atoms with E-state index in [-0.39, 0.29) is 17.7 Å². The zero-order valence-electron chi connectivity index (χ0n) is 16.7. The van der Waals surface area contributed by atoms with Crippen LogP contribution in [0.25, 0.3) is 0 Å². The van der Waals surface area contributed by atoms with Crippen molar-refractivity contribution in [1.82, 2.24) is 5.32 Å². The number of carbonyl (C=O) groups excluding carboxylic acids is 2. The number of nitrogens with one attached hydrogen (secondary N) is 2. The molecule has 2 aromatic carbocycles. The van der Waals surface area contributed by atoms with Crippen molar-refractivity contribution < 1.29 is 14.3 Å². The van der Waals surface area contributed by atoms with Gasteiger partial charge in [0.25, 0.3) is 5.91 Å². The first-order valence-corrected chi connectivity index (χ1v) is 9.89. The summed E-state index contributed by atoms with van der Waals surface area (Å²) in [7, 11) is 1.56. The topological polar surface area (TPSA) is 67.4 Å². The average molecular weight is 380 g/mol. The molecule has 0 bridgehead atoms. The number of aryl methyl sites for hydroxylation is 2. The highest BCUT2D eigenvalue weighted by molar-refractivity contribution is 6.01. The van der Waals surface area contributed by atoms with Crippen molar-refractivity contribution >= 4 is 17.5 Å². The zero-order valence-corrected chi connectivity index (χ0v) is 16.7. The van der Waals surface area contributed by atoms with Crippen LogP contribution in [0.1, 0.15) is 48.2 Å². The van der Waals surface area contributed by atoms with Gasteiger partial charge in [0.2, 0.25) is 5.91 Å². The lowest BCUT2D eigenvalue weighted by molar-refractivity contribution is -0.119. The fourth-order valence-electron chi connectivity index (χ4n) is 3.56. The Morgan fingerprint density at radius 1 is 1.11 bits per heavy atom. The van der Waals surface area contributed by atoms with Crippen LogP contribution in [0.3, 0.4) is 0 Å². The molecule has 0 fully saturated rings. The molecule has 2 aromatic rings. The Bertz CT molecular complexity index is 863. The van der Waals surface area contributed by atoms with E-state index in [1.54, 1.807) is 31.4 Å². The number of rotatable bonds is 7. The molecule has 2 atom stereocenters. The van der Waals surface area contributed by atoms with Crippen LogP contribution in [0.5, 0.6) is 5.75 Å². The lowest BCUT2D eigenvalue weighted by atomic mass is 9.97. The highest BCUT2D eigenvalue weighted by atomic mass is 16.5. The van der Waals surface area contributed by atoms with Gasteiger partial charge in [-0.05, 0) is 66.6 Å². The number of methoxy groups -OCH3 is 1. The third kappa shape index (κ3) is 4.53. The molecule has 0 spiro atoms. The van der Waals surface area contributed by atoms with E-state index in [4.69, 9.17) is 4.74 Å². The highest BCUT2D eigenvalue weighted by Gasteiger charge is 2.27. The van der Waals surface area contributed by atoms with Gasteiger partial charge < -0.3 is 15.4 Å². The third-order valence-corrected chi connectivity index (χ3v) is 5.48. The monoisotopic (exact) mass is 380 g/mol. The maximum Gasteiger partial charge on any atom is 0.252 e. The molecule has 28 heavy (non-hydrogen) atoms. The molecule has 3 rings (SSSR count). The molecule has 1 aliphatic carbocycles. The number of ether oxygens (including phenoxy) is 1. The van der Waals surface area contributed by atoms with E-state index in [9.17, 15) is 9.59 Å². The molecule has 5 nitrogen and oxygen atoms in total. The molecule has 2 N–H and O–H groups in total. The molecular formula is C23H28N2O3.